The van der Waals surface area contributed by atoms with Gasteiger partial charge in [-0.25, -0.2) is 9.37 Å². The zero-order valence-electron chi connectivity index (χ0n) is 13.3. The van der Waals surface area contributed by atoms with Crippen molar-refractivity contribution in [3.63, 3.8) is 0 Å². The van der Waals surface area contributed by atoms with E-state index in [0.29, 0.717) is 10.4 Å². The molecule has 2 heterocycles. The maximum atomic E-state index is 13.7. The first-order chi connectivity index (χ1) is 12.2. The molecule has 26 heavy (non-hydrogen) atoms. The Bertz CT molecular complexity index is 948. The molecule has 10 heteroatoms. The van der Waals surface area contributed by atoms with Crippen LogP contribution in [-0.2, 0) is 19.6 Å². The Morgan fingerprint density at radius 1 is 1.31 bits per heavy atom. The van der Waals surface area contributed by atoms with Gasteiger partial charge in [0.1, 0.15) is 5.82 Å². The van der Waals surface area contributed by atoms with E-state index in [-0.39, 0.29) is 17.4 Å². The molecule has 0 radical (unpaired) electrons. The van der Waals surface area contributed by atoms with Gasteiger partial charge in [-0.1, -0.05) is 18.2 Å². The van der Waals surface area contributed by atoms with Gasteiger partial charge >= 0.3 is 6.18 Å². The molecule has 0 unspecified atom stereocenters. The van der Waals surface area contributed by atoms with Crippen LogP contribution in [0.3, 0.4) is 0 Å². The number of hydrogen-bond acceptors (Lipinski definition) is 4. The SMILES string of the molecule is Cn1cc(C(=O)Nc2ncc(Cc3ccccc3F)s2)c(C(F)(F)F)n1. The third-order valence-corrected chi connectivity index (χ3v) is 4.35. The molecular weight excluding hydrogens is 372 g/mol. The molecule has 3 rings (SSSR count). The van der Waals surface area contributed by atoms with Crippen molar-refractivity contribution >= 4 is 22.4 Å². The first kappa shape index (κ1) is 18.1. The number of hydrogen-bond donors (Lipinski definition) is 1. The Hall–Kier alpha value is -2.75. The molecular formula is C16H12F4N4OS. The number of alkyl halides is 3. The van der Waals surface area contributed by atoms with Gasteiger partial charge in [-0.2, -0.15) is 18.3 Å². The van der Waals surface area contributed by atoms with Crippen molar-refractivity contribution in [2.24, 2.45) is 7.05 Å². The zero-order valence-corrected chi connectivity index (χ0v) is 14.2. The highest BCUT2D eigenvalue weighted by molar-refractivity contribution is 7.15. The minimum Gasteiger partial charge on any atom is -0.298 e. The summed E-state index contributed by atoms with van der Waals surface area (Å²) in [6.45, 7) is 0. The summed E-state index contributed by atoms with van der Waals surface area (Å²) in [5.74, 6) is -1.33. The minimum atomic E-state index is -4.74. The maximum absolute atomic E-state index is 13.7. The van der Waals surface area contributed by atoms with Crippen LogP contribution in [0.2, 0.25) is 0 Å². The molecule has 1 aromatic carbocycles. The summed E-state index contributed by atoms with van der Waals surface area (Å²) in [6, 6.07) is 6.23. The van der Waals surface area contributed by atoms with E-state index in [9.17, 15) is 22.4 Å². The molecule has 0 saturated heterocycles. The van der Waals surface area contributed by atoms with Gasteiger partial charge in [0.2, 0.25) is 0 Å². The number of aryl methyl sites for hydroxylation is 1. The Labute approximate surface area is 149 Å². The molecule has 0 saturated carbocycles. The van der Waals surface area contributed by atoms with Crippen LogP contribution in [0.4, 0.5) is 22.7 Å². The van der Waals surface area contributed by atoms with Gasteiger partial charge in [0.05, 0.1) is 5.56 Å². The largest absolute Gasteiger partial charge is 0.435 e. The lowest BCUT2D eigenvalue weighted by atomic mass is 10.1. The second-order valence-corrected chi connectivity index (χ2v) is 6.53. The van der Waals surface area contributed by atoms with Crippen LogP contribution in [0.15, 0.2) is 36.7 Å². The predicted octanol–water partition coefficient (Wildman–Crippen LogP) is 3.88. The summed E-state index contributed by atoms with van der Waals surface area (Å²) in [4.78, 5) is 16.8. The molecule has 1 amide bonds. The summed E-state index contributed by atoms with van der Waals surface area (Å²) in [5.41, 5.74) is -1.40. The van der Waals surface area contributed by atoms with E-state index in [4.69, 9.17) is 0 Å². The predicted molar refractivity (Wildman–Crippen MR) is 87.5 cm³/mol. The van der Waals surface area contributed by atoms with Crippen molar-refractivity contribution < 1.29 is 22.4 Å². The molecule has 0 fully saturated rings. The van der Waals surface area contributed by atoms with Crippen molar-refractivity contribution in [1.29, 1.82) is 0 Å². The second kappa shape index (κ2) is 6.87. The highest BCUT2D eigenvalue weighted by Gasteiger charge is 2.39. The van der Waals surface area contributed by atoms with Gasteiger partial charge in [-0.05, 0) is 11.6 Å². The summed E-state index contributed by atoms with van der Waals surface area (Å²) in [5, 5.41) is 5.74. The summed E-state index contributed by atoms with van der Waals surface area (Å²) < 4.78 is 53.4. The Kier molecular flexibility index (Phi) is 4.77. The standard InChI is InChI=1S/C16H12F4N4OS/c1-24-8-11(13(23-24)16(18,19)20)14(25)22-15-21-7-10(26-15)6-9-4-2-3-5-12(9)17/h2-5,7-8H,6H2,1H3,(H,21,22,25). The average molecular weight is 384 g/mol. The van der Waals surface area contributed by atoms with Crippen molar-refractivity contribution in [3.05, 3.63) is 64.2 Å². The normalized spacial score (nSPS) is 11.6. The molecule has 0 spiro atoms. The van der Waals surface area contributed by atoms with Crippen molar-refractivity contribution in [1.82, 2.24) is 14.8 Å². The van der Waals surface area contributed by atoms with Crippen LogP contribution in [0, 0.1) is 5.82 Å². The molecule has 0 aliphatic carbocycles. The van der Waals surface area contributed by atoms with Crippen LogP contribution in [0.5, 0.6) is 0 Å². The van der Waals surface area contributed by atoms with E-state index in [2.05, 4.69) is 15.4 Å². The highest BCUT2D eigenvalue weighted by atomic mass is 32.1. The van der Waals surface area contributed by atoms with E-state index < -0.39 is 23.3 Å². The summed E-state index contributed by atoms with van der Waals surface area (Å²) in [7, 11) is 1.29. The molecule has 0 atom stereocenters. The summed E-state index contributed by atoms with van der Waals surface area (Å²) >= 11 is 1.06. The van der Waals surface area contributed by atoms with Gasteiger partial charge in [0.15, 0.2) is 10.8 Å². The van der Waals surface area contributed by atoms with Crippen LogP contribution in [-0.4, -0.2) is 20.7 Å². The van der Waals surface area contributed by atoms with Gasteiger partial charge < -0.3 is 0 Å². The van der Waals surface area contributed by atoms with Crippen molar-refractivity contribution in [3.8, 4) is 0 Å². The number of nitrogens with zero attached hydrogens (tertiary/aromatic N) is 3. The lowest BCUT2D eigenvalue weighted by Crippen LogP contribution is -2.17. The zero-order chi connectivity index (χ0) is 18.9. The Balaban J connectivity index is 1.76. The molecule has 136 valence electrons. The number of benzene rings is 1. The van der Waals surface area contributed by atoms with E-state index in [0.717, 1.165) is 22.2 Å². The second-order valence-electron chi connectivity index (χ2n) is 5.42. The lowest BCUT2D eigenvalue weighted by molar-refractivity contribution is -0.141. The van der Waals surface area contributed by atoms with E-state index in [1.807, 2.05) is 0 Å². The highest BCUT2D eigenvalue weighted by Crippen LogP contribution is 2.31. The van der Waals surface area contributed by atoms with Crippen LogP contribution in [0.25, 0.3) is 0 Å². The molecule has 0 bridgehead atoms. The van der Waals surface area contributed by atoms with E-state index >= 15 is 0 Å². The fourth-order valence-corrected chi connectivity index (χ4v) is 3.14. The van der Waals surface area contributed by atoms with Gasteiger partial charge in [0.25, 0.3) is 5.91 Å². The van der Waals surface area contributed by atoms with Crippen molar-refractivity contribution in [2.75, 3.05) is 5.32 Å². The van der Waals surface area contributed by atoms with Crippen LogP contribution in [0.1, 0.15) is 26.5 Å². The van der Waals surface area contributed by atoms with Gasteiger partial charge in [0, 0.05) is 30.7 Å². The van der Waals surface area contributed by atoms with Crippen molar-refractivity contribution in [2.45, 2.75) is 12.6 Å². The molecule has 2 aromatic heterocycles. The first-order valence-corrected chi connectivity index (χ1v) is 8.16. The maximum Gasteiger partial charge on any atom is 0.435 e. The minimum absolute atomic E-state index is 0.123. The number of thiazole rings is 1. The number of rotatable bonds is 4. The number of halogens is 4. The molecule has 3 aromatic rings. The van der Waals surface area contributed by atoms with Crippen LogP contribution >= 0.6 is 11.3 Å². The molecule has 5 nitrogen and oxygen atoms in total. The first-order valence-electron chi connectivity index (χ1n) is 7.34. The van der Waals surface area contributed by atoms with Gasteiger partial charge in [-0.15, -0.1) is 11.3 Å². The van der Waals surface area contributed by atoms with E-state index in [1.54, 1.807) is 18.2 Å². The number of nitrogens with one attached hydrogen (secondary N) is 1. The van der Waals surface area contributed by atoms with Crippen LogP contribution < -0.4 is 5.32 Å². The smallest absolute Gasteiger partial charge is 0.298 e. The Morgan fingerprint density at radius 3 is 2.73 bits per heavy atom. The fourth-order valence-electron chi connectivity index (χ4n) is 2.30. The molecule has 0 aliphatic heterocycles. The Morgan fingerprint density at radius 2 is 2.04 bits per heavy atom. The number of carbonyl (C=O) groups excluding carboxylic acids is 1. The topological polar surface area (TPSA) is 59.8 Å². The quantitative estimate of drug-likeness (QED) is 0.695. The van der Waals surface area contributed by atoms with Gasteiger partial charge in [-0.3, -0.25) is 14.8 Å². The lowest BCUT2D eigenvalue weighted by Gasteiger charge is -2.05. The monoisotopic (exact) mass is 384 g/mol. The third kappa shape index (κ3) is 3.90. The number of anilines is 1. The molecule has 1 N–H and O–H groups in total. The van der Waals surface area contributed by atoms with E-state index in [1.165, 1.54) is 19.3 Å². The fraction of sp³-hybridized carbons (Fsp3) is 0.188. The number of aromatic nitrogens is 3. The average Bonchev–Trinajstić information content (AvgIpc) is 3.16. The number of carbonyl (C=O) groups is 1. The molecule has 0 aliphatic rings. The third-order valence-electron chi connectivity index (χ3n) is 3.44. The summed E-state index contributed by atoms with van der Waals surface area (Å²) in [6.07, 6.45) is -2.04. The number of amides is 1.